The molecule has 3 N–H and O–H groups in total. The molecule has 1 unspecified atom stereocenters. The third-order valence-electron chi connectivity index (χ3n) is 3.18. The van der Waals surface area contributed by atoms with Gasteiger partial charge in [0, 0.05) is 22.4 Å². The van der Waals surface area contributed by atoms with Crippen molar-refractivity contribution in [1.29, 1.82) is 0 Å². The Balaban J connectivity index is 2.57. The standard InChI is InChI=1S/C14H13BrF3N3/c1-8-6-9(15)2-3-10(8)13(21-19)11-7-20-5-4-12(11)14(16,17)18/h2-7,13,21H,19H2,1H3. The average molecular weight is 360 g/mol. The Morgan fingerprint density at radius 2 is 1.95 bits per heavy atom. The Bertz CT molecular complexity index is 644. The largest absolute Gasteiger partial charge is 0.416 e. The lowest BCUT2D eigenvalue weighted by Crippen LogP contribution is -2.31. The van der Waals surface area contributed by atoms with Crippen molar-refractivity contribution < 1.29 is 13.2 Å². The number of nitrogens with two attached hydrogens (primary N) is 1. The molecule has 0 aliphatic carbocycles. The van der Waals surface area contributed by atoms with E-state index in [4.69, 9.17) is 5.84 Å². The third kappa shape index (κ3) is 3.42. The summed E-state index contributed by atoms with van der Waals surface area (Å²) in [7, 11) is 0. The van der Waals surface area contributed by atoms with Crippen LogP contribution in [0.15, 0.2) is 41.1 Å². The summed E-state index contributed by atoms with van der Waals surface area (Å²) in [6.45, 7) is 1.81. The van der Waals surface area contributed by atoms with Crippen LogP contribution < -0.4 is 11.3 Å². The molecule has 0 radical (unpaired) electrons. The Labute approximate surface area is 128 Å². The van der Waals surface area contributed by atoms with Gasteiger partial charge in [0.05, 0.1) is 11.6 Å². The first kappa shape index (κ1) is 15.9. The molecule has 0 saturated heterocycles. The van der Waals surface area contributed by atoms with Gasteiger partial charge in [0.15, 0.2) is 0 Å². The zero-order chi connectivity index (χ0) is 15.6. The predicted octanol–water partition coefficient (Wildman–Crippen LogP) is 3.72. The van der Waals surface area contributed by atoms with Crippen LogP contribution in [-0.2, 0) is 6.18 Å². The quantitative estimate of drug-likeness (QED) is 0.648. The fourth-order valence-corrected chi connectivity index (χ4v) is 2.68. The van der Waals surface area contributed by atoms with Gasteiger partial charge in [-0.05, 0) is 36.2 Å². The molecule has 112 valence electrons. The third-order valence-corrected chi connectivity index (χ3v) is 3.67. The first-order chi connectivity index (χ1) is 9.84. The number of rotatable bonds is 3. The smallest absolute Gasteiger partial charge is 0.271 e. The van der Waals surface area contributed by atoms with E-state index >= 15 is 0 Å². The minimum atomic E-state index is -4.46. The number of hydrazine groups is 1. The van der Waals surface area contributed by atoms with E-state index in [1.165, 1.54) is 6.20 Å². The highest BCUT2D eigenvalue weighted by molar-refractivity contribution is 9.10. The lowest BCUT2D eigenvalue weighted by molar-refractivity contribution is -0.138. The topological polar surface area (TPSA) is 50.9 Å². The first-order valence-corrected chi connectivity index (χ1v) is 6.87. The Morgan fingerprint density at radius 1 is 1.24 bits per heavy atom. The summed E-state index contributed by atoms with van der Waals surface area (Å²) < 4.78 is 40.2. The molecule has 0 bridgehead atoms. The molecule has 1 heterocycles. The predicted molar refractivity (Wildman–Crippen MR) is 77.3 cm³/mol. The molecule has 1 atom stereocenters. The maximum Gasteiger partial charge on any atom is 0.416 e. The molecule has 7 heteroatoms. The van der Waals surface area contributed by atoms with Crippen molar-refractivity contribution in [1.82, 2.24) is 10.4 Å². The Morgan fingerprint density at radius 3 is 2.52 bits per heavy atom. The van der Waals surface area contributed by atoms with E-state index in [1.54, 1.807) is 12.1 Å². The van der Waals surface area contributed by atoms with Gasteiger partial charge >= 0.3 is 6.18 Å². The van der Waals surface area contributed by atoms with Crippen LogP contribution in [0, 0.1) is 6.92 Å². The molecule has 0 fully saturated rings. The molecular weight excluding hydrogens is 347 g/mol. The molecule has 0 saturated carbocycles. The number of aromatic nitrogens is 1. The first-order valence-electron chi connectivity index (χ1n) is 6.08. The van der Waals surface area contributed by atoms with Crippen LogP contribution in [0.25, 0.3) is 0 Å². The van der Waals surface area contributed by atoms with Crippen LogP contribution in [0.3, 0.4) is 0 Å². The van der Waals surface area contributed by atoms with Gasteiger partial charge in [-0.25, -0.2) is 5.43 Å². The minimum Gasteiger partial charge on any atom is -0.271 e. The van der Waals surface area contributed by atoms with E-state index in [2.05, 4.69) is 26.3 Å². The number of hydrogen-bond donors (Lipinski definition) is 2. The summed E-state index contributed by atoms with van der Waals surface area (Å²) in [5, 5.41) is 0. The fourth-order valence-electron chi connectivity index (χ4n) is 2.20. The lowest BCUT2D eigenvalue weighted by atomic mass is 9.93. The second-order valence-corrected chi connectivity index (χ2v) is 5.48. The van der Waals surface area contributed by atoms with Crippen LogP contribution >= 0.6 is 15.9 Å². The monoisotopic (exact) mass is 359 g/mol. The van der Waals surface area contributed by atoms with Gasteiger partial charge in [-0.1, -0.05) is 22.0 Å². The van der Waals surface area contributed by atoms with Crippen LogP contribution in [0.1, 0.15) is 28.3 Å². The molecule has 1 aromatic heterocycles. The molecule has 21 heavy (non-hydrogen) atoms. The highest BCUT2D eigenvalue weighted by Gasteiger charge is 2.35. The maximum atomic E-state index is 13.1. The molecule has 3 nitrogen and oxygen atoms in total. The van der Waals surface area contributed by atoms with Crippen LogP contribution in [-0.4, -0.2) is 4.98 Å². The summed E-state index contributed by atoms with van der Waals surface area (Å²) in [6, 6.07) is 5.48. The lowest BCUT2D eigenvalue weighted by Gasteiger charge is -2.22. The number of benzene rings is 1. The van der Waals surface area contributed by atoms with Gasteiger partial charge in [-0.3, -0.25) is 10.8 Å². The van der Waals surface area contributed by atoms with Crippen molar-refractivity contribution in [2.45, 2.75) is 19.1 Å². The van der Waals surface area contributed by atoms with Gasteiger partial charge in [-0.2, -0.15) is 13.2 Å². The van der Waals surface area contributed by atoms with Gasteiger partial charge in [-0.15, -0.1) is 0 Å². The molecule has 1 aromatic carbocycles. The summed E-state index contributed by atoms with van der Waals surface area (Å²) >= 11 is 3.33. The number of nitrogens with zero attached hydrogens (tertiary/aromatic N) is 1. The number of nitrogens with one attached hydrogen (secondary N) is 1. The molecule has 0 aliphatic rings. The number of pyridine rings is 1. The summed E-state index contributed by atoms with van der Waals surface area (Å²) in [6.07, 6.45) is -2.15. The van der Waals surface area contributed by atoms with E-state index in [-0.39, 0.29) is 5.56 Å². The Kier molecular flexibility index (Phi) is 4.65. The highest BCUT2D eigenvalue weighted by Crippen LogP contribution is 2.36. The van der Waals surface area contributed by atoms with Crippen LogP contribution in [0.4, 0.5) is 13.2 Å². The second kappa shape index (κ2) is 6.13. The van der Waals surface area contributed by atoms with Crippen LogP contribution in [0.2, 0.25) is 0 Å². The van der Waals surface area contributed by atoms with Gasteiger partial charge in [0.25, 0.3) is 0 Å². The Hall–Kier alpha value is -1.44. The summed E-state index contributed by atoms with van der Waals surface area (Å²) in [5.74, 6) is 5.50. The number of aryl methyl sites for hydroxylation is 1. The second-order valence-electron chi connectivity index (χ2n) is 4.56. The molecule has 0 spiro atoms. The fraction of sp³-hybridized carbons (Fsp3) is 0.214. The van der Waals surface area contributed by atoms with E-state index in [9.17, 15) is 13.2 Å². The van der Waals surface area contributed by atoms with Crippen molar-refractivity contribution in [2.75, 3.05) is 0 Å². The van der Waals surface area contributed by atoms with E-state index in [0.717, 1.165) is 22.3 Å². The van der Waals surface area contributed by atoms with Gasteiger partial charge in [0.1, 0.15) is 0 Å². The maximum absolute atomic E-state index is 13.1. The van der Waals surface area contributed by atoms with Crippen molar-refractivity contribution >= 4 is 15.9 Å². The average Bonchev–Trinajstić information content (AvgIpc) is 2.41. The molecule has 0 amide bonds. The number of halogens is 4. The molecule has 0 aliphatic heterocycles. The van der Waals surface area contributed by atoms with E-state index < -0.39 is 17.8 Å². The number of alkyl halides is 3. The zero-order valence-corrected chi connectivity index (χ0v) is 12.7. The van der Waals surface area contributed by atoms with E-state index in [0.29, 0.717) is 5.56 Å². The zero-order valence-electron chi connectivity index (χ0n) is 11.1. The van der Waals surface area contributed by atoms with Crippen molar-refractivity contribution in [3.8, 4) is 0 Å². The SMILES string of the molecule is Cc1cc(Br)ccc1C(NN)c1cnccc1C(F)(F)F. The highest BCUT2D eigenvalue weighted by atomic mass is 79.9. The minimum absolute atomic E-state index is 0.00192. The van der Waals surface area contributed by atoms with Crippen molar-refractivity contribution in [3.63, 3.8) is 0 Å². The van der Waals surface area contributed by atoms with Gasteiger partial charge in [0.2, 0.25) is 0 Å². The van der Waals surface area contributed by atoms with E-state index in [1.807, 2.05) is 13.0 Å². The number of hydrogen-bond acceptors (Lipinski definition) is 3. The molecular formula is C14H13BrF3N3. The van der Waals surface area contributed by atoms with Crippen molar-refractivity contribution in [3.05, 3.63) is 63.4 Å². The van der Waals surface area contributed by atoms with Gasteiger partial charge < -0.3 is 0 Å². The summed E-state index contributed by atoms with van der Waals surface area (Å²) in [4.78, 5) is 3.80. The normalized spacial score (nSPS) is 13.2. The van der Waals surface area contributed by atoms with Crippen molar-refractivity contribution in [2.24, 2.45) is 5.84 Å². The van der Waals surface area contributed by atoms with Crippen LogP contribution in [0.5, 0.6) is 0 Å². The summed E-state index contributed by atoms with van der Waals surface area (Å²) in [5.41, 5.74) is 3.19. The molecule has 2 rings (SSSR count). The molecule has 2 aromatic rings.